The number of hydrogen-bond donors (Lipinski definition) is 0. The van der Waals surface area contributed by atoms with Crippen molar-refractivity contribution in [2.75, 3.05) is 0 Å². The number of pyridine rings is 1. The molecule has 0 saturated carbocycles. The summed E-state index contributed by atoms with van der Waals surface area (Å²) in [4.78, 5) is 31.1. The highest BCUT2D eigenvalue weighted by atomic mass is 32.1. The van der Waals surface area contributed by atoms with Crippen LogP contribution < -0.4 is 11.2 Å². The van der Waals surface area contributed by atoms with Crippen LogP contribution in [0.2, 0.25) is 0 Å². The summed E-state index contributed by atoms with van der Waals surface area (Å²) in [5, 5.41) is 4.91. The Morgan fingerprint density at radius 1 is 1.21 bits per heavy atom. The van der Waals surface area contributed by atoms with E-state index in [2.05, 4.69) is 17.0 Å². The zero-order chi connectivity index (χ0) is 16.7. The van der Waals surface area contributed by atoms with Gasteiger partial charge in [-0.1, -0.05) is 13.0 Å². The van der Waals surface area contributed by atoms with Crippen molar-refractivity contribution in [3.8, 4) is 0 Å². The molecule has 4 rings (SSSR count). The smallest absolute Gasteiger partial charge is 0.297 e. The summed E-state index contributed by atoms with van der Waals surface area (Å²) >= 11 is 1.54. The molecule has 0 atom stereocenters. The number of aromatic nitrogens is 5. The lowest BCUT2D eigenvalue weighted by atomic mass is 10.3. The highest BCUT2D eigenvalue weighted by Gasteiger charge is 2.10. The lowest BCUT2D eigenvalue weighted by Gasteiger charge is -2.04. The van der Waals surface area contributed by atoms with Crippen LogP contribution in [0.3, 0.4) is 0 Å². The predicted molar refractivity (Wildman–Crippen MR) is 92.7 cm³/mol. The van der Waals surface area contributed by atoms with Gasteiger partial charge in [-0.05, 0) is 24.6 Å². The molecule has 24 heavy (non-hydrogen) atoms. The largest absolute Gasteiger partial charge is 0.350 e. The zero-order valence-corrected chi connectivity index (χ0v) is 13.9. The van der Waals surface area contributed by atoms with E-state index in [0.717, 1.165) is 16.1 Å². The van der Waals surface area contributed by atoms with Crippen molar-refractivity contribution in [1.29, 1.82) is 0 Å². The van der Waals surface area contributed by atoms with E-state index in [4.69, 9.17) is 0 Å². The van der Waals surface area contributed by atoms with Crippen LogP contribution in [-0.2, 0) is 19.5 Å². The summed E-state index contributed by atoms with van der Waals surface area (Å²) in [7, 11) is 0. The third-order valence-corrected chi connectivity index (χ3v) is 5.15. The second-order valence-electron chi connectivity index (χ2n) is 5.46. The summed E-state index contributed by atoms with van der Waals surface area (Å²) in [5.74, 6) is 0. The average molecular weight is 341 g/mol. The number of thiophene rings is 1. The lowest BCUT2D eigenvalue weighted by Crippen LogP contribution is -2.27. The Hall–Kier alpha value is -2.74. The summed E-state index contributed by atoms with van der Waals surface area (Å²) < 4.78 is 4.39. The molecule has 0 bridgehead atoms. The molecule has 0 N–H and O–H groups in total. The molecule has 0 saturated heterocycles. The third kappa shape index (κ3) is 2.35. The fraction of sp³-hybridized carbons (Fsp3) is 0.250. The van der Waals surface area contributed by atoms with Crippen molar-refractivity contribution in [2.24, 2.45) is 0 Å². The first-order chi connectivity index (χ1) is 11.7. The highest BCUT2D eigenvalue weighted by molar-refractivity contribution is 7.18. The van der Waals surface area contributed by atoms with Gasteiger partial charge in [0.1, 0.15) is 4.83 Å². The average Bonchev–Trinajstić information content (AvgIpc) is 3.17. The van der Waals surface area contributed by atoms with Crippen LogP contribution in [0, 0.1) is 0 Å². The van der Waals surface area contributed by atoms with Crippen LogP contribution in [0.4, 0.5) is 0 Å². The van der Waals surface area contributed by atoms with Crippen molar-refractivity contribution in [1.82, 2.24) is 23.7 Å². The van der Waals surface area contributed by atoms with E-state index in [1.54, 1.807) is 36.0 Å². The first-order valence-electron chi connectivity index (χ1n) is 7.69. The monoisotopic (exact) mass is 341 g/mol. The number of hydrogen-bond acceptors (Lipinski definition) is 5. The van der Waals surface area contributed by atoms with Crippen LogP contribution in [-0.4, -0.2) is 23.7 Å². The molecule has 8 heteroatoms. The molecular formula is C16H15N5O2S. The molecule has 0 fully saturated rings. The van der Waals surface area contributed by atoms with Gasteiger partial charge in [0.05, 0.1) is 18.3 Å². The highest BCUT2D eigenvalue weighted by Crippen LogP contribution is 2.20. The maximum atomic E-state index is 12.6. The summed E-state index contributed by atoms with van der Waals surface area (Å²) in [6.45, 7) is 2.72. The molecule has 0 aliphatic rings. The van der Waals surface area contributed by atoms with Gasteiger partial charge in [-0.2, -0.15) is 0 Å². The SMILES string of the molecule is CCc1cc2c(=O)n(CCn3nc4ccccn4c3=O)cnc2s1. The van der Waals surface area contributed by atoms with Crippen LogP contribution in [0.25, 0.3) is 15.9 Å². The van der Waals surface area contributed by atoms with Gasteiger partial charge in [-0.3, -0.25) is 13.8 Å². The third-order valence-electron chi connectivity index (χ3n) is 3.96. The van der Waals surface area contributed by atoms with Crippen molar-refractivity contribution in [2.45, 2.75) is 26.4 Å². The lowest BCUT2D eigenvalue weighted by molar-refractivity contribution is 0.509. The molecule has 4 aromatic rings. The van der Waals surface area contributed by atoms with E-state index in [1.165, 1.54) is 13.6 Å². The van der Waals surface area contributed by atoms with Gasteiger partial charge in [0.25, 0.3) is 5.56 Å². The predicted octanol–water partition coefficient (Wildman–Crippen LogP) is 1.53. The van der Waals surface area contributed by atoms with Crippen LogP contribution in [0.1, 0.15) is 11.8 Å². The first kappa shape index (κ1) is 14.8. The molecule has 0 amide bonds. The quantitative estimate of drug-likeness (QED) is 0.564. The topological polar surface area (TPSA) is 74.2 Å². The number of nitrogens with zero attached hydrogens (tertiary/aromatic N) is 5. The normalized spacial score (nSPS) is 11.5. The molecule has 0 aliphatic carbocycles. The van der Waals surface area contributed by atoms with Gasteiger partial charge in [-0.25, -0.2) is 14.5 Å². The number of fused-ring (bicyclic) bond motifs is 2. The molecule has 4 aromatic heterocycles. The maximum absolute atomic E-state index is 12.6. The Kier molecular flexibility index (Phi) is 3.53. The number of rotatable bonds is 4. The van der Waals surface area contributed by atoms with Crippen molar-refractivity contribution in [3.63, 3.8) is 0 Å². The Morgan fingerprint density at radius 2 is 2.08 bits per heavy atom. The molecule has 0 spiro atoms. The Balaban J connectivity index is 1.66. The maximum Gasteiger partial charge on any atom is 0.350 e. The van der Waals surface area contributed by atoms with E-state index in [0.29, 0.717) is 24.1 Å². The summed E-state index contributed by atoms with van der Waals surface area (Å²) in [6, 6.07) is 7.29. The van der Waals surface area contributed by atoms with E-state index in [9.17, 15) is 9.59 Å². The molecule has 7 nitrogen and oxygen atoms in total. The van der Waals surface area contributed by atoms with Crippen LogP contribution >= 0.6 is 11.3 Å². The zero-order valence-electron chi connectivity index (χ0n) is 13.0. The molecule has 0 radical (unpaired) electrons. The Bertz CT molecular complexity index is 1150. The molecule has 4 heterocycles. The molecule has 0 aliphatic heterocycles. The van der Waals surface area contributed by atoms with Gasteiger partial charge in [0.15, 0.2) is 5.65 Å². The van der Waals surface area contributed by atoms with Crippen molar-refractivity contribution >= 4 is 27.2 Å². The number of aryl methyl sites for hydroxylation is 3. The molecule has 0 aromatic carbocycles. The van der Waals surface area contributed by atoms with E-state index in [-0.39, 0.29) is 11.2 Å². The van der Waals surface area contributed by atoms with E-state index >= 15 is 0 Å². The standard InChI is InChI=1S/C16H15N5O2S/c1-2-11-9-12-14(24-11)17-10-19(15(12)22)7-8-21-16(23)20-6-4-3-5-13(20)18-21/h3-6,9-10H,2,7-8H2,1H3. The first-order valence-corrected chi connectivity index (χ1v) is 8.51. The minimum Gasteiger partial charge on any atom is -0.297 e. The fourth-order valence-corrected chi connectivity index (χ4v) is 3.58. The molecule has 122 valence electrons. The minimum absolute atomic E-state index is 0.0761. The van der Waals surface area contributed by atoms with Gasteiger partial charge in [0, 0.05) is 17.6 Å². The van der Waals surface area contributed by atoms with Gasteiger partial charge < -0.3 is 0 Å². The molecule has 0 unspecified atom stereocenters. The van der Waals surface area contributed by atoms with Gasteiger partial charge in [-0.15, -0.1) is 16.4 Å². The molecular weight excluding hydrogens is 326 g/mol. The van der Waals surface area contributed by atoms with E-state index < -0.39 is 0 Å². The fourth-order valence-electron chi connectivity index (χ4n) is 2.66. The minimum atomic E-state index is -0.212. The van der Waals surface area contributed by atoms with E-state index in [1.807, 2.05) is 12.1 Å². The second kappa shape index (κ2) is 5.72. The summed E-state index contributed by atoms with van der Waals surface area (Å²) in [5.41, 5.74) is 0.304. The Labute approximate surface area is 140 Å². The summed E-state index contributed by atoms with van der Waals surface area (Å²) in [6.07, 6.45) is 4.11. The van der Waals surface area contributed by atoms with Crippen LogP contribution in [0.5, 0.6) is 0 Å². The van der Waals surface area contributed by atoms with Gasteiger partial charge >= 0.3 is 5.69 Å². The van der Waals surface area contributed by atoms with Crippen molar-refractivity contribution < 1.29 is 0 Å². The van der Waals surface area contributed by atoms with Crippen molar-refractivity contribution in [3.05, 3.63) is 62.5 Å². The van der Waals surface area contributed by atoms with Gasteiger partial charge in [0.2, 0.25) is 0 Å². The van der Waals surface area contributed by atoms with Crippen LogP contribution in [0.15, 0.2) is 46.4 Å². The Morgan fingerprint density at radius 3 is 2.88 bits per heavy atom. The second-order valence-corrected chi connectivity index (χ2v) is 6.58.